The van der Waals surface area contributed by atoms with E-state index in [1.54, 1.807) is 0 Å². The first kappa shape index (κ1) is 20.4. The Kier molecular flexibility index (Phi) is 6.61. The maximum atomic E-state index is 12.7. The highest BCUT2D eigenvalue weighted by Crippen LogP contribution is 2.30. The van der Waals surface area contributed by atoms with Gasteiger partial charge in [0, 0.05) is 56.1 Å². The Balaban J connectivity index is 1.52. The van der Waals surface area contributed by atoms with E-state index >= 15 is 0 Å². The molecule has 27 heavy (non-hydrogen) atoms. The number of carbonyl (C=O) groups excluding carboxylic acids is 1. The first-order valence-corrected chi connectivity index (χ1v) is 10.8. The number of imidazole rings is 1. The highest BCUT2D eigenvalue weighted by molar-refractivity contribution is 5.81. The molecule has 0 spiro atoms. The van der Waals surface area contributed by atoms with E-state index in [1.807, 2.05) is 6.20 Å². The van der Waals surface area contributed by atoms with Crippen LogP contribution in [0.25, 0.3) is 0 Å². The summed E-state index contributed by atoms with van der Waals surface area (Å²) in [6.45, 7) is 13.0. The Hall–Kier alpha value is -1.36. The van der Waals surface area contributed by atoms with E-state index in [1.165, 1.54) is 17.9 Å². The summed E-state index contributed by atoms with van der Waals surface area (Å²) >= 11 is 0. The molecule has 0 N–H and O–H groups in total. The van der Waals surface area contributed by atoms with Crippen LogP contribution in [0.4, 0.5) is 0 Å². The van der Waals surface area contributed by atoms with Crippen molar-refractivity contribution in [1.82, 2.24) is 14.5 Å². The molecule has 1 aromatic rings. The summed E-state index contributed by atoms with van der Waals surface area (Å²) in [6, 6.07) is 0. The molecule has 2 fully saturated rings. The van der Waals surface area contributed by atoms with Gasteiger partial charge in [-0.15, -0.1) is 0 Å². The van der Waals surface area contributed by atoms with Crippen molar-refractivity contribution >= 4 is 5.91 Å². The standard InChI is InChI=1S/C22H37N3O2/c1-5-22(3,4)21(26)24-11-6-18(7-12-24)8-13-25-17(2)16-23-20(25)19-9-14-27-15-10-19/h16,18-19H,5-15H2,1-4H3. The van der Waals surface area contributed by atoms with Crippen LogP contribution >= 0.6 is 0 Å². The van der Waals surface area contributed by atoms with Crippen LogP contribution in [0.2, 0.25) is 0 Å². The monoisotopic (exact) mass is 375 g/mol. The zero-order valence-electron chi connectivity index (χ0n) is 17.7. The lowest BCUT2D eigenvalue weighted by molar-refractivity contribution is -0.142. The minimum Gasteiger partial charge on any atom is -0.381 e. The van der Waals surface area contributed by atoms with Crippen molar-refractivity contribution in [2.45, 2.75) is 78.7 Å². The summed E-state index contributed by atoms with van der Waals surface area (Å²) in [5, 5.41) is 0. The van der Waals surface area contributed by atoms with Crippen LogP contribution in [0.1, 0.15) is 76.7 Å². The van der Waals surface area contributed by atoms with Crippen molar-refractivity contribution in [3.05, 3.63) is 17.7 Å². The summed E-state index contributed by atoms with van der Waals surface area (Å²) in [6.07, 6.45) is 8.55. The molecule has 2 aliphatic heterocycles. The fraction of sp³-hybridized carbons (Fsp3) is 0.818. The fourth-order valence-corrected chi connectivity index (χ4v) is 4.37. The fourth-order valence-electron chi connectivity index (χ4n) is 4.37. The van der Waals surface area contributed by atoms with Crippen molar-refractivity contribution < 1.29 is 9.53 Å². The van der Waals surface area contributed by atoms with Gasteiger partial charge >= 0.3 is 0 Å². The highest BCUT2D eigenvalue weighted by atomic mass is 16.5. The molecular weight excluding hydrogens is 338 g/mol. The van der Waals surface area contributed by atoms with Gasteiger partial charge in [0.05, 0.1) is 0 Å². The zero-order valence-corrected chi connectivity index (χ0v) is 17.7. The van der Waals surface area contributed by atoms with Gasteiger partial charge in [-0.1, -0.05) is 20.8 Å². The number of amides is 1. The van der Waals surface area contributed by atoms with Gasteiger partial charge in [0.15, 0.2) is 0 Å². The third-order valence-corrected chi connectivity index (χ3v) is 6.80. The van der Waals surface area contributed by atoms with Gasteiger partial charge in [-0.2, -0.15) is 0 Å². The Morgan fingerprint density at radius 1 is 1.22 bits per heavy atom. The lowest BCUT2D eigenvalue weighted by Gasteiger charge is -2.37. The van der Waals surface area contributed by atoms with Crippen molar-refractivity contribution in [3.63, 3.8) is 0 Å². The van der Waals surface area contributed by atoms with Gasteiger partial charge in [-0.3, -0.25) is 4.79 Å². The topological polar surface area (TPSA) is 47.4 Å². The van der Waals surface area contributed by atoms with Crippen LogP contribution in [-0.2, 0) is 16.1 Å². The number of piperidine rings is 1. The molecule has 1 amide bonds. The normalized spacial score (nSPS) is 20.2. The minimum atomic E-state index is -0.223. The van der Waals surface area contributed by atoms with E-state index in [0.717, 1.165) is 65.0 Å². The first-order chi connectivity index (χ1) is 12.9. The molecular formula is C22H37N3O2. The highest BCUT2D eigenvalue weighted by Gasteiger charge is 2.32. The molecule has 0 atom stereocenters. The zero-order chi connectivity index (χ0) is 19.4. The van der Waals surface area contributed by atoms with Crippen molar-refractivity contribution in [2.24, 2.45) is 11.3 Å². The third kappa shape index (κ3) is 4.74. The molecule has 1 aromatic heterocycles. The smallest absolute Gasteiger partial charge is 0.228 e. The molecule has 2 aliphatic rings. The first-order valence-electron chi connectivity index (χ1n) is 10.8. The molecule has 5 heteroatoms. The number of likely N-dealkylation sites (tertiary alicyclic amines) is 1. The second kappa shape index (κ2) is 8.76. The number of ether oxygens (including phenoxy) is 1. The minimum absolute atomic E-state index is 0.223. The van der Waals surface area contributed by atoms with E-state index in [9.17, 15) is 4.79 Å². The maximum Gasteiger partial charge on any atom is 0.228 e. The average molecular weight is 376 g/mol. The summed E-state index contributed by atoms with van der Waals surface area (Å²) in [5.41, 5.74) is 1.05. The Morgan fingerprint density at radius 3 is 2.52 bits per heavy atom. The molecule has 152 valence electrons. The van der Waals surface area contributed by atoms with E-state index in [-0.39, 0.29) is 5.41 Å². The van der Waals surface area contributed by atoms with Crippen LogP contribution in [0.15, 0.2) is 6.20 Å². The second-order valence-corrected chi connectivity index (χ2v) is 9.06. The summed E-state index contributed by atoms with van der Waals surface area (Å²) in [5.74, 6) is 2.84. The van der Waals surface area contributed by atoms with Gasteiger partial charge in [0.2, 0.25) is 5.91 Å². The van der Waals surface area contributed by atoms with E-state index in [4.69, 9.17) is 9.72 Å². The molecule has 2 saturated heterocycles. The molecule has 0 unspecified atom stereocenters. The SMILES string of the molecule is CCC(C)(C)C(=O)N1CCC(CCn2c(C)cnc2C2CCOCC2)CC1. The van der Waals surface area contributed by atoms with Gasteiger partial charge in [0.1, 0.15) is 5.82 Å². The maximum absolute atomic E-state index is 12.7. The van der Waals surface area contributed by atoms with E-state index < -0.39 is 0 Å². The van der Waals surface area contributed by atoms with E-state index in [0.29, 0.717) is 17.7 Å². The quantitative estimate of drug-likeness (QED) is 0.750. The van der Waals surface area contributed by atoms with Gasteiger partial charge in [-0.25, -0.2) is 4.98 Å². The number of hydrogen-bond acceptors (Lipinski definition) is 3. The van der Waals surface area contributed by atoms with Crippen LogP contribution in [0.3, 0.4) is 0 Å². The second-order valence-electron chi connectivity index (χ2n) is 9.06. The number of aryl methyl sites for hydroxylation is 1. The Bertz CT molecular complexity index is 624. The summed E-state index contributed by atoms with van der Waals surface area (Å²) in [4.78, 5) is 19.5. The Morgan fingerprint density at radius 2 is 1.89 bits per heavy atom. The lowest BCUT2D eigenvalue weighted by Crippen LogP contribution is -2.45. The predicted molar refractivity (Wildman–Crippen MR) is 108 cm³/mol. The van der Waals surface area contributed by atoms with E-state index in [2.05, 4.69) is 37.2 Å². The average Bonchev–Trinajstić information content (AvgIpc) is 3.07. The third-order valence-electron chi connectivity index (χ3n) is 6.80. The van der Waals surface area contributed by atoms with Crippen molar-refractivity contribution in [2.75, 3.05) is 26.3 Å². The molecule has 0 aromatic carbocycles. The summed E-state index contributed by atoms with van der Waals surface area (Å²) in [7, 11) is 0. The lowest BCUT2D eigenvalue weighted by atomic mass is 9.86. The molecule has 0 bridgehead atoms. The molecule has 5 nitrogen and oxygen atoms in total. The van der Waals surface area contributed by atoms with Gasteiger partial charge in [-0.05, 0) is 51.4 Å². The predicted octanol–water partition coefficient (Wildman–Crippen LogP) is 4.15. The van der Waals surface area contributed by atoms with Crippen LogP contribution in [-0.4, -0.2) is 46.7 Å². The number of aromatic nitrogens is 2. The molecule has 0 saturated carbocycles. The van der Waals surface area contributed by atoms with Crippen LogP contribution < -0.4 is 0 Å². The largest absolute Gasteiger partial charge is 0.381 e. The summed E-state index contributed by atoms with van der Waals surface area (Å²) < 4.78 is 7.95. The van der Waals surface area contributed by atoms with Crippen LogP contribution in [0, 0.1) is 18.3 Å². The van der Waals surface area contributed by atoms with Gasteiger partial charge in [0.25, 0.3) is 0 Å². The van der Waals surface area contributed by atoms with Crippen molar-refractivity contribution in [1.29, 1.82) is 0 Å². The molecule has 0 radical (unpaired) electrons. The van der Waals surface area contributed by atoms with Crippen molar-refractivity contribution in [3.8, 4) is 0 Å². The molecule has 3 heterocycles. The number of rotatable bonds is 6. The molecule has 3 rings (SSSR count). The number of carbonyl (C=O) groups is 1. The number of hydrogen-bond donors (Lipinski definition) is 0. The molecule has 0 aliphatic carbocycles. The van der Waals surface area contributed by atoms with Gasteiger partial charge < -0.3 is 14.2 Å². The Labute approximate surface area is 164 Å². The number of nitrogens with zero attached hydrogens (tertiary/aromatic N) is 3. The van der Waals surface area contributed by atoms with Crippen LogP contribution in [0.5, 0.6) is 0 Å².